The van der Waals surface area contributed by atoms with Crippen LogP contribution in [-0.4, -0.2) is 20.5 Å². The monoisotopic (exact) mass is 312 g/mol. The Bertz CT molecular complexity index is 553. The Morgan fingerprint density at radius 1 is 1.19 bits per heavy atom. The van der Waals surface area contributed by atoms with Gasteiger partial charge in [0.1, 0.15) is 0 Å². The fourth-order valence-corrected chi connectivity index (χ4v) is 3.47. The zero-order valence-corrected chi connectivity index (χ0v) is 14.5. The average Bonchev–Trinajstić information content (AvgIpc) is 2.36. The van der Waals surface area contributed by atoms with Gasteiger partial charge in [-0.1, -0.05) is 33.3 Å². The van der Waals surface area contributed by atoms with E-state index < -0.39 is 10.0 Å². The molecule has 0 fully saturated rings. The summed E-state index contributed by atoms with van der Waals surface area (Å²) in [5.74, 6) is 0. The summed E-state index contributed by atoms with van der Waals surface area (Å²) in [6, 6.07) is 5.64. The molecule has 1 aromatic rings. The van der Waals surface area contributed by atoms with Gasteiger partial charge < -0.3 is 5.32 Å². The molecule has 2 N–H and O–H groups in total. The van der Waals surface area contributed by atoms with E-state index >= 15 is 0 Å². The van der Waals surface area contributed by atoms with Crippen molar-refractivity contribution in [2.75, 3.05) is 0 Å². The molecule has 0 aliphatic heterocycles. The highest BCUT2D eigenvalue weighted by Crippen LogP contribution is 2.16. The molecule has 1 aromatic carbocycles. The fourth-order valence-electron chi connectivity index (χ4n) is 2.14. The van der Waals surface area contributed by atoms with Crippen molar-refractivity contribution in [3.8, 4) is 0 Å². The van der Waals surface area contributed by atoms with Gasteiger partial charge in [-0.3, -0.25) is 0 Å². The Hall–Kier alpha value is -0.910. The summed E-state index contributed by atoms with van der Waals surface area (Å²) < 4.78 is 27.5. The third kappa shape index (κ3) is 5.77. The molecule has 0 aliphatic rings. The minimum atomic E-state index is -3.44. The molecule has 0 saturated carbocycles. The van der Waals surface area contributed by atoms with Gasteiger partial charge >= 0.3 is 0 Å². The van der Waals surface area contributed by atoms with E-state index in [2.05, 4.69) is 23.9 Å². The molecule has 0 aliphatic carbocycles. The Balaban J connectivity index is 2.94. The molecule has 4 nitrogen and oxygen atoms in total. The largest absolute Gasteiger partial charge is 0.310 e. The van der Waals surface area contributed by atoms with Crippen LogP contribution in [0, 0.1) is 6.92 Å². The summed E-state index contributed by atoms with van der Waals surface area (Å²) >= 11 is 0. The molecule has 1 unspecified atom stereocenters. The maximum Gasteiger partial charge on any atom is 0.240 e. The third-order valence-corrected chi connectivity index (χ3v) is 5.00. The van der Waals surface area contributed by atoms with Gasteiger partial charge in [-0.25, -0.2) is 13.1 Å². The van der Waals surface area contributed by atoms with Crippen molar-refractivity contribution in [1.29, 1.82) is 0 Å². The van der Waals surface area contributed by atoms with Crippen LogP contribution in [0.25, 0.3) is 0 Å². The topological polar surface area (TPSA) is 58.2 Å². The molecule has 0 heterocycles. The van der Waals surface area contributed by atoms with Gasteiger partial charge in [0.25, 0.3) is 0 Å². The summed E-state index contributed by atoms with van der Waals surface area (Å²) in [6.07, 6.45) is 1.80. The minimum Gasteiger partial charge on any atom is -0.310 e. The standard InChI is InChI=1S/C16H28N2O2S/c1-6-7-14(5)18-21(19,20)16-9-8-13(4)15(10-16)11-17-12(2)3/h8-10,12,14,17-18H,6-7,11H2,1-5H3. The van der Waals surface area contributed by atoms with Gasteiger partial charge in [0.15, 0.2) is 0 Å². The number of hydrogen-bond donors (Lipinski definition) is 2. The summed E-state index contributed by atoms with van der Waals surface area (Å²) in [4.78, 5) is 0.344. The lowest BCUT2D eigenvalue weighted by molar-refractivity contribution is 0.543. The highest BCUT2D eigenvalue weighted by atomic mass is 32.2. The summed E-state index contributed by atoms with van der Waals surface area (Å²) in [6.45, 7) is 10.8. The number of nitrogens with one attached hydrogen (secondary N) is 2. The normalized spacial score (nSPS) is 13.6. The molecule has 5 heteroatoms. The fraction of sp³-hybridized carbons (Fsp3) is 0.625. The Labute approximate surface area is 129 Å². The number of benzene rings is 1. The number of aryl methyl sites for hydroxylation is 1. The lowest BCUT2D eigenvalue weighted by Gasteiger charge is -2.15. The van der Waals surface area contributed by atoms with Crippen LogP contribution in [0.5, 0.6) is 0 Å². The van der Waals surface area contributed by atoms with E-state index in [0.717, 1.165) is 24.0 Å². The second-order valence-electron chi connectivity index (χ2n) is 5.93. The lowest BCUT2D eigenvalue weighted by atomic mass is 10.1. The van der Waals surface area contributed by atoms with Crippen molar-refractivity contribution in [2.45, 2.75) is 71.0 Å². The van der Waals surface area contributed by atoms with Crippen molar-refractivity contribution in [1.82, 2.24) is 10.0 Å². The van der Waals surface area contributed by atoms with E-state index in [0.29, 0.717) is 17.5 Å². The van der Waals surface area contributed by atoms with E-state index in [1.807, 2.05) is 26.8 Å². The molecule has 1 rings (SSSR count). The Morgan fingerprint density at radius 2 is 1.86 bits per heavy atom. The van der Waals surface area contributed by atoms with Crippen LogP contribution in [0.1, 0.15) is 51.7 Å². The van der Waals surface area contributed by atoms with Crippen LogP contribution < -0.4 is 10.0 Å². The van der Waals surface area contributed by atoms with Crippen LogP contribution >= 0.6 is 0 Å². The van der Waals surface area contributed by atoms with Crippen LogP contribution in [0.4, 0.5) is 0 Å². The molecular formula is C16H28N2O2S. The highest BCUT2D eigenvalue weighted by molar-refractivity contribution is 7.89. The second-order valence-corrected chi connectivity index (χ2v) is 7.65. The first-order chi connectivity index (χ1) is 9.76. The van der Waals surface area contributed by atoms with Crippen molar-refractivity contribution in [2.24, 2.45) is 0 Å². The van der Waals surface area contributed by atoms with E-state index in [4.69, 9.17) is 0 Å². The second kappa shape index (κ2) is 7.92. The smallest absolute Gasteiger partial charge is 0.240 e. The third-order valence-electron chi connectivity index (χ3n) is 3.41. The van der Waals surface area contributed by atoms with Gasteiger partial charge in [-0.05, 0) is 43.5 Å². The van der Waals surface area contributed by atoms with E-state index in [1.54, 1.807) is 12.1 Å². The van der Waals surface area contributed by atoms with Crippen molar-refractivity contribution < 1.29 is 8.42 Å². The Morgan fingerprint density at radius 3 is 2.43 bits per heavy atom. The molecule has 1 atom stereocenters. The molecule has 0 radical (unpaired) electrons. The molecule has 0 aromatic heterocycles. The quantitative estimate of drug-likeness (QED) is 0.776. The predicted octanol–water partition coefficient (Wildman–Crippen LogP) is 2.96. The van der Waals surface area contributed by atoms with E-state index in [-0.39, 0.29) is 6.04 Å². The molecule has 21 heavy (non-hydrogen) atoms. The first kappa shape index (κ1) is 18.1. The van der Waals surface area contributed by atoms with Gasteiger partial charge in [0.05, 0.1) is 4.90 Å². The van der Waals surface area contributed by atoms with Crippen molar-refractivity contribution in [3.63, 3.8) is 0 Å². The number of hydrogen-bond acceptors (Lipinski definition) is 3. The first-order valence-electron chi connectivity index (χ1n) is 7.61. The molecule has 120 valence electrons. The van der Waals surface area contributed by atoms with E-state index in [9.17, 15) is 8.42 Å². The predicted molar refractivity (Wildman–Crippen MR) is 87.8 cm³/mol. The van der Waals surface area contributed by atoms with Crippen LogP contribution in [0.3, 0.4) is 0 Å². The summed E-state index contributed by atoms with van der Waals surface area (Å²) in [5, 5.41) is 3.33. The van der Waals surface area contributed by atoms with Crippen molar-refractivity contribution in [3.05, 3.63) is 29.3 Å². The summed E-state index contributed by atoms with van der Waals surface area (Å²) in [5.41, 5.74) is 2.12. The SMILES string of the molecule is CCCC(C)NS(=O)(=O)c1ccc(C)c(CNC(C)C)c1. The number of sulfonamides is 1. The van der Waals surface area contributed by atoms with Crippen LogP contribution in [-0.2, 0) is 16.6 Å². The average molecular weight is 312 g/mol. The van der Waals surface area contributed by atoms with Gasteiger partial charge in [0, 0.05) is 18.6 Å². The molecule has 0 bridgehead atoms. The maximum absolute atomic E-state index is 12.4. The first-order valence-corrected chi connectivity index (χ1v) is 9.09. The van der Waals surface area contributed by atoms with E-state index in [1.165, 1.54) is 0 Å². The zero-order valence-electron chi connectivity index (χ0n) is 13.7. The van der Waals surface area contributed by atoms with Gasteiger partial charge in [-0.15, -0.1) is 0 Å². The zero-order chi connectivity index (χ0) is 16.0. The number of rotatable bonds is 8. The van der Waals surface area contributed by atoms with Crippen LogP contribution in [0.15, 0.2) is 23.1 Å². The molecule has 0 spiro atoms. The lowest BCUT2D eigenvalue weighted by Crippen LogP contribution is -2.32. The summed E-state index contributed by atoms with van der Waals surface area (Å²) in [7, 11) is -3.44. The highest BCUT2D eigenvalue weighted by Gasteiger charge is 2.17. The molecule has 0 saturated heterocycles. The minimum absolute atomic E-state index is 0.0430. The van der Waals surface area contributed by atoms with Gasteiger partial charge in [-0.2, -0.15) is 0 Å². The van der Waals surface area contributed by atoms with Crippen LogP contribution in [0.2, 0.25) is 0 Å². The molecular weight excluding hydrogens is 284 g/mol. The van der Waals surface area contributed by atoms with Gasteiger partial charge in [0.2, 0.25) is 10.0 Å². The molecule has 0 amide bonds. The van der Waals surface area contributed by atoms with Crippen molar-refractivity contribution >= 4 is 10.0 Å². The maximum atomic E-state index is 12.4. The Kier molecular flexibility index (Phi) is 6.84.